The van der Waals surface area contributed by atoms with Gasteiger partial charge in [0.05, 0.1) is 17.6 Å². The van der Waals surface area contributed by atoms with E-state index in [0.29, 0.717) is 11.9 Å². The Labute approximate surface area is 158 Å². The zero-order valence-corrected chi connectivity index (χ0v) is 17.2. The molecule has 0 aromatic carbocycles. The largest absolute Gasteiger partial charge is 0.369 e. The number of hydrogen-bond acceptors (Lipinski definition) is 6. The minimum atomic E-state index is -0.0609. The van der Waals surface area contributed by atoms with E-state index in [2.05, 4.69) is 32.6 Å². The molecule has 136 valence electrons. The predicted molar refractivity (Wildman–Crippen MR) is 107 cm³/mol. The fourth-order valence-electron chi connectivity index (χ4n) is 3.68. The SMILES string of the molecule is CC[C@@]1(C)Cc2c(sc3nc(SC(C)C)nc(N4CCCC4)c23)CO1. The van der Waals surface area contributed by atoms with E-state index < -0.39 is 0 Å². The van der Waals surface area contributed by atoms with Crippen molar-refractivity contribution in [1.82, 2.24) is 9.97 Å². The van der Waals surface area contributed by atoms with E-state index in [4.69, 9.17) is 14.7 Å². The number of nitrogens with zero attached hydrogens (tertiary/aromatic N) is 3. The van der Waals surface area contributed by atoms with Crippen LogP contribution in [0.15, 0.2) is 5.16 Å². The van der Waals surface area contributed by atoms with Gasteiger partial charge in [-0.15, -0.1) is 11.3 Å². The highest BCUT2D eigenvalue weighted by Crippen LogP contribution is 2.43. The molecule has 0 spiro atoms. The van der Waals surface area contributed by atoms with Gasteiger partial charge in [0.1, 0.15) is 10.6 Å². The Balaban J connectivity index is 1.87. The van der Waals surface area contributed by atoms with Crippen molar-refractivity contribution in [3.8, 4) is 0 Å². The number of rotatable bonds is 4. The van der Waals surface area contributed by atoms with Crippen molar-refractivity contribution in [2.24, 2.45) is 0 Å². The number of ether oxygens (including phenoxy) is 1. The maximum Gasteiger partial charge on any atom is 0.191 e. The molecular formula is C19H27N3OS2. The van der Waals surface area contributed by atoms with Crippen molar-refractivity contribution < 1.29 is 4.74 Å². The molecule has 25 heavy (non-hydrogen) atoms. The summed E-state index contributed by atoms with van der Waals surface area (Å²) in [6.45, 7) is 11.8. The minimum absolute atomic E-state index is 0.0609. The zero-order valence-electron chi connectivity index (χ0n) is 15.6. The van der Waals surface area contributed by atoms with Gasteiger partial charge in [-0.05, 0) is 31.7 Å². The quantitative estimate of drug-likeness (QED) is 0.552. The van der Waals surface area contributed by atoms with Crippen LogP contribution >= 0.6 is 23.1 Å². The van der Waals surface area contributed by atoms with Crippen molar-refractivity contribution in [2.45, 2.75) is 76.0 Å². The molecule has 2 aliphatic rings. The lowest BCUT2D eigenvalue weighted by Crippen LogP contribution is -2.34. The third-order valence-corrected chi connectivity index (χ3v) is 7.26. The van der Waals surface area contributed by atoms with Crippen LogP contribution in [0.5, 0.6) is 0 Å². The maximum absolute atomic E-state index is 6.17. The van der Waals surface area contributed by atoms with Crippen LogP contribution in [0.3, 0.4) is 0 Å². The third kappa shape index (κ3) is 3.28. The average molecular weight is 378 g/mol. The first kappa shape index (κ1) is 17.6. The molecule has 0 aliphatic carbocycles. The molecular weight excluding hydrogens is 350 g/mol. The highest BCUT2D eigenvalue weighted by molar-refractivity contribution is 7.99. The summed E-state index contributed by atoms with van der Waals surface area (Å²) < 4.78 is 6.17. The van der Waals surface area contributed by atoms with Gasteiger partial charge in [0.2, 0.25) is 0 Å². The fraction of sp³-hybridized carbons (Fsp3) is 0.684. The molecule has 2 aromatic rings. The van der Waals surface area contributed by atoms with Crippen molar-refractivity contribution in [3.63, 3.8) is 0 Å². The number of thioether (sulfide) groups is 1. The molecule has 0 radical (unpaired) electrons. The fourth-order valence-corrected chi connectivity index (χ4v) is 5.54. The first-order chi connectivity index (χ1) is 12.0. The molecule has 0 N–H and O–H groups in total. The van der Waals surface area contributed by atoms with Gasteiger partial charge in [-0.25, -0.2) is 9.97 Å². The van der Waals surface area contributed by atoms with E-state index in [-0.39, 0.29) is 5.60 Å². The minimum Gasteiger partial charge on any atom is -0.369 e. The molecule has 4 nitrogen and oxygen atoms in total. The predicted octanol–water partition coefficient (Wildman–Crippen LogP) is 5.03. The molecule has 2 aromatic heterocycles. The Bertz CT molecular complexity index is 783. The summed E-state index contributed by atoms with van der Waals surface area (Å²) in [5.74, 6) is 1.17. The van der Waals surface area contributed by atoms with E-state index >= 15 is 0 Å². The lowest BCUT2D eigenvalue weighted by atomic mass is 9.90. The first-order valence-corrected chi connectivity index (χ1v) is 11.1. The molecule has 0 unspecified atom stereocenters. The van der Waals surface area contributed by atoms with Crippen LogP contribution in [0.4, 0.5) is 5.82 Å². The Morgan fingerprint density at radius 2 is 2.04 bits per heavy atom. The highest BCUT2D eigenvalue weighted by Gasteiger charge is 2.34. The van der Waals surface area contributed by atoms with Crippen molar-refractivity contribution in [1.29, 1.82) is 0 Å². The number of aromatic nitrogens is 2. The van der Waals surface area contributed by atoms with Crippen molar-refractivity contribution in [2.75, 3.05) is 18.0 Å². The Hall–Kier alpha value is -0.850. The number of thiophene rings is 1. The molecule has 0 bridgehead atoms. The van der Waals surface area contributed by atoms with Crippen molar-refractivity contribution >= 4 is 39.1 Å². The Kier molecular flexibility index (Phi) is 4.71. The first-order valence-electron chi connectivity index (χ1n) is 9.37. The average Bonchev–Trinajstić information content (AvgIpc) is 3.21. The van der Waals surface area contributed by atoms with Crippen molar-refractivity contribution in [3.05, 3.63) is 10.4 Å². The monoisotopic (exact) mass is 377 g/mol. The second-order valence-corrected chi connectivity index (χ2v) is 10.3. The van der Waals surface area contributed by atoms with Gasteiger partial charge in [-0.2, -0.15) is 0 Å². The van der Waals surface area contributed by atoms with Gasteiger partial charge >= 0.3 is 0 Å². The van der Waals surface area contributed by atoms with E-state index in [0.717, 1.165) is 35.9 Å². The highest BCUT2D eigenvalue weighted by atomic mass is 32.2. The Morgan fingerprint density at radius 1 is 1.28 bits per heavy atom. The number of fused-ring (bicyclic) bond motifs is 3. The summed E-state index contributed by atoms with van der Waals surface area (Å²) in [5.41, 5.74) is 1.38. The third-order valence-electron chi connectivity index (χ3n) is 5.29. The summed E-state index contributed by atoms with van der Waals surface area (Å²) in [5, 5.41) is 2.71. The molecule has 1 saturated heterocycles. The molecule has 1 fully saturated rings. The second-order valence-electron chi connectivity index (χ2n) is 7.64. The summed E-state index contributed by atoms with van der Waals surface area (Å²) >= 11 is 3.57. The van der Waals surface area contributed by atoms with Crippen LogP contribution in [0.25, 0.3) is 10.2 Å². The smallest absolute Gasteiger partial charge is 0.191 e. The van der Waals surface area contributed by atoms with Gasteiger partial charge in [-0.3, -0.25) is 0 Å². The summed E-state index contributed by atoms with van der Waals surface area (Å²) in [6.07, 6.45) is 4.53. The number of anilines is 1. The molecule has 2 aliphatic heterocycles. The molecule has 4 rings (SSSR count). The lowest BCUT2D eigenvalue weighted by Gasteiger charge is -2.33. The second kappa shape index (κ2) is 6.71. The van der Waals surface area contributed by atoms with Crippen LogP contribution < -0.4 is 4.90 Å². The van der Waals surface area contributed by atoms with Crippen LogP contribution in [-0.2, 0) is 17.8 Å². The molecule has 4 heterocycles. The normalized spacial score (nSPS) is 23.6. The van der Waals surface area contributed by atoms with Crippen LogP contribution in [-0.4, -0.2) is 33.9 Å². The standard InChI is InChI=1S/C19H27N3OS2/c1-5-19(4)10-13-14(11-23-19)25-17-15(13)16(22-8-6-7-9-22)20-18(21-17)24-12(2)3/h12H,5-11H2,1-4H3/t19-/m0/s1. The summed E-state index contributed by atoms with van der Waals surface area (Å²) in [4.78, 5) is 14.9. The van der Waals surface area contributed by atoms with E-state index in [9.17, 15) is 0 Å². The molecule has 6 heteroatoms. The molecule has 1 atom stereocenters. The summed E-state index contributed by atoms with van der Waals surface area (Å²) in [6, 6.07) is 0. The van der Waals surface area contributed by atoms with Gasteiger partial charge in [0, 0.05) is 29.6 Å². The van der Waals surface area contributed by atoms with Gasteiger partial charge in [0.25, 0.3) is 0 Å². The van der Waals surface area contributed by atoms with E-state index in [1.807, 2.05) is 11.3 Å². The van der Waals surface area contributed by atoms with Crippen LogP contribution in [0, 0.1) is 0 Å². The van der Waals surface area contributed by atoms with Gasteiger partial charge in [0.15, 0.2) is 5.16 Å². The lowest BCUT2D eigenvalue weighted by molar-refractivity contribution is -0.0542. The maximum atomic E-state index is 6.17. The van der Waals surface area contributed by atoms with Crippen LogP contribution in [0.1, 0.15) is 57.4 Å². The van der Waals surface area contributed by atoms with Gasteiger partial charge < -0.3 is 9.64 Å². The molecule has 0 amide bonds. The Morgan fingerprint density at radius 3 is 2.72 bits per heavy atom. The summed E-state index contributed by atoms with van der Waals surface area (Å²) in [7, 11) is 0. The van der Waals surface area contributed by atoms with E-state index in [1.165, 1.54) is 34.5 Å². The number of hydrogen-bond donors (Lipinski definition) is 0. The van der Waals surface area contributed by atoms with Gasteiger partial charge in [-0.1, -0.05) is 32.5 Å². The molecule has 0 saturated carbocycles. The topological polar surface area (TPSA) is 38.2 Å². The van der Waals surface area contributed by atoms with E-state index in [1.54, 1.807) is 11.8 Å². The van der Waals surface area contributed by atoms with Crippen LogP contribution in [0.2, 0.25) is 0 Å². The zero-order chi connectivity index (χ0) is 17.6.